The van der Waals surface area contributed by atoms with Crippen LogP contribution in [0.3, 0.4) is 0 Å². The molecule has 2 atom stereocenters. The molecule has 306 valence electrons. The quantitative estimate of drug-likeness (QED) is 0.0265. The third kappa shape index (κ3) is 25.5. The molecule has 0 spiro atoms. The summed E-state index contributed by atoms with van der Waals surface area (Å²) in [6, 6.07) is 20.3. The SMILES string of the molecule is CCCCCCCCCCCCCCCC(=O)OCC(COP(=O)(O)OCC[N+](C)(C)C)OC(=O)CC/C=C/C=C/C=C(c1ccccc1)c1ccccc1. The Labute approximate surface area is 332 Å². The number of quaternary nitrogens is 1. The molecule has 0 saturated heterocycles. The standard InChI is InChI=1S/C45H68NO8P/c1-5-6-7-8-9-10-11-12-13-14-15-18-27-34-44(47)51-38-42(39-53-55(49,50)52-37-36-46(2,3)4)54-45(48)35-28-19-16-17-26-33-43(40-29-22-20-23-30-40)41-31-24-21-25-32-41/h16-17,19-26,29-33,42H,5-15,18,27-28,34-39H2,1-4H3/p+1/b19-16+,26-17+. The van der Waals surface area contributed by atoms with Gasteiger partial charge in [-0.1, -0.05) is 175 Å². The monoisotopic (exact) mass is 782 g/mol. The van der Waals surface area contributed by atoms with Gasteiger partial charge in [-0.15, -0.1) is 0 Å². The number of hydrogen-bond donors (Lipinski definition) is 1. The summed E-state index contributed by atoms with van der Waals surface area (Å²) in [6.07, 6.45) is 25.1. The number of ether oxygens (including phenoxy) is 2. The molecule has 10 heteroatoms. The van der Waals surface area contributed by atoms with Crippen LogP contribution in [0.1, 0.15) is 121 Å². The maximum atomic E-state index is 12.8. The summed E-state index contributed by atoms with van der Waals surface area (Å²) in [6.45, 7) is 2.01. The Morgan fingerprint density at radius 2 is 1.24 bits per heavy atom. The van der Waals surface area contributed by atoms with Crippen LogP contribution >= 0.6 is 7.82 Å². The minimum Gasteiger partial charge on any atom is -0.462 e. The predicted octanol–water partition coefficient (Wildman–Crippen LogP) is 10.8. The van der Waals surface area contributed by atoms with Crippen LogP contribution < -0.4 is 0 Å². The van der Waals surface area contributed by atoms with E-state index in [4.69, 9.17) is 18.5 Å². The van der Waals surface area contributed by atoms with Crippen LogP contribution in [0.25, 0.3) is 5.57 Å². The molecule has 0 aliphatic rings. The van der Waals surface area contributed by atoms with Gasteiger partial charge < -0.3 is 18.9 Å². The van der Waals surface area contributed by atoms with E-state index in [1.54, 1.807) is 0 Å². The Bertz CT molecular complexity index is 1410. The highest BCUT2D eigenvalue weighted by atomic mass is 31.2. The Balaban J connectivity index is 1.80. The van der Waals surface area contributed by atoms with E-state index < -0.39 is 32.5 Å². The van der Waals surface area contributed by atoms with Gasteiger partial charge in [-0.25, -0.2) is 4.57 Å². The van der Waals surface area contributed by atoms with Crippen molar-refractivity contribution >= 4 is 25.3 Å². The third-order valence-corrected chi connectivity index (χ3v) is 9.94. The second-order valence-electron chi connectivity index (χ2n) is 15.1. The zero-order chi connectivity index (χ0) is 40.0. The Morgan fingerprint density at radius 3 is 1.78 bits per heavy atom. The number of phosphoric ester groups is 1. The lowest BCUT2D eigenvalue weighted by Gasteiger charge is -2.24. The van der Waals surface area contributed by atoms with E-state index in [0.29, 0.717) is 17.4 Å². The van der Waals surface area contributed by atoms with E-state index in [9.17, 15) is 19.0 Å². The number of nitrogens with zero attached hydrogens (tertiary/aromatic N) is 1. The summed E-state index contributed by atoms with van der Waals surface area (Å²) in [5.41, 5.74) is 3.32. The normalized spacial score (nSPS) is 13.5. The number of unbranched alkanes of at least 4 members (excludes halogenated alkanes) is 12. The molecule has 2 unspecified atom stereocenters. The first-order chi connectivity index (χ1) is 26.5. The van der Waals surface area contributed by atoms with Crippen molar-refractivity contribution in [1.29, 1.82) is 0 Å². The molecule has 0 aliphatic heterocycles. The number of hydrogen-bond acceptors (Lipinski definition) is 7. The van der Waals surface area contributed by atoms with Crippen LogP contribution in [-0.2, 0) is 32.7 Å². The lowest BCUT2D eigenvalue weighted by molar-refractivity contribution is -0.870. The second-order valence-corrected chi connectivity index (χ2v) is 16.5. The summed E-state index contributed by atoms with van der Waals surface area (Å²) in [5, 5.41) is 0. The molecule has 0 radical (unpaired) electrons. The lowest BCUT2D eigenvalue weighted by Crippen LogP contribution is -2.37. The third-order valence-electron chi connectivity index (χ3n) is 8.96. The number of likely N-dealkylation sites (N-methyl/N-ethyl adjacent to an activating group) is 1. The van der Waals surface area contributed by atoms with Gasteiger partial charge >= 0.3 is 19.8 Å². The molecule has 2 aromatic rings. The van der Waals surface area contributed by atoms with Crippen molar-refractivity contribution in [2.24, 2.45) is 0 Å². The Hall–Kier alpha value is -3.33. The van der Waals surface area contributed by atoms with Crippen molar-refractivity contribution in [3.8, 4) is 0 Å². The van der Waals surface area contributed by atoms with Gasteiger partial charge in [0.05, 0.1) is 27.7 Å². The fourth-order valence-corrected chi connectivity index (χ4v) is 6.48. The molecule has 0 amide bonds. The van der Waals surface area contributed by atoms with E-state index in [-0.39, 0.29) is 26.1 Å². The Kier molecular flexibility index (Phi) is 25.2. The van der Waals surface area contributed by atoms with Crippen LogP contribution in [0, 0.1) is 0 Å². The predicted molar refractivity (Wildman–Crippen MR) is 223 cm³/mol. The van der Waals surface area contributed by atoms with E-state index in [0.717, 1.165) is 36.0 Å². The summed E-state index contributed by atoms with van der Waals surface area (Å²) < 4.78 is 34.3. The number of rotatable bonds is 31. The maximum absolute atomic E-state index is 12.8. The molecular formula is C45H69NO8P+. The van der Waals surface area contributed by atoms with Gasteiger partial charge in [-0.2, -0.15) is 0 Å². The molecule has 0 bridgehead atoms. The lowest BCUT2D eigenvalue weighted by atomic mass is 9.97. The molecule has 55 heavy (non-hydrogen) atoms. The van der Waals surface area contributed by atoms with Crippen molar-refractivity contribution < 1.29 is 42.1 Å². The van der Waals surface area contributed by atoms with Crippen molar-refractivity contribution in [2.45, 2.75) is 116 Å². The minimum absolute atomic E-state index is 0.00619. The zero-order valence-electron chi connectivity index (χ0n) is 34.1. The maximum Gasteiger partial charge on any atom is 0.472 e. The number of esters is 2. The average molecular weight is 783 g/mol. The van der Waals surface area contributed by atoms with E-state index in [1.165, 1.54) is 64.2 Å². The first-order valence-corrected chi connectivity index (χ1v) is 21.9. The molecule has 0 fully saturated rings. The number of carbonyl (C=O) groups is 2. The van der Waals surface area contributed by atoms with E-state index >= 15 is 0 Å². The Morgan fingerprint density at radius 1 is 0.691 bits per heavy atom. The van der Waals surface area contributed by atoms with Gasteiger partial charge in [-0.3, -0.25) is 18.6 Å². The number of phosphoric acid groups is 1. The van der Waals surface area contributed by atoms with Gasteiger partial charge in [0.15, 0.2) is 6.10 Å². The van der Waals surface area contributed by atoms with Gasteiger partial charge in [0.1, 0.15) is 19.8 Å². The molecule has 2 aromatic carbocycles. The van der Waals surface area contributed by atoms with Gasteiger partial charge in [0.25, 0.3) is 0 Å². The van der Waals surface area contributed by atoms with Crippen LogP contribution in [0.15, 0.2) is 91.0 Å². The molecule has 0 saturated carbocycles. The highest BCUT2D eigenvalue weighted by Gasteiger charge is 2.27. The average Bonchev–Trinajstić information content (AvgIpc) is 3.15. The van der Waals surface area contributed by atoms with Crippen LogP contribution in [0.4, 0.5) is 0 Å². The first-order valence-electron chi connectivity index (χ1n) is 20.4. The highest BCUT2D eigenvalue weighted by molar-refractivity contribution is 7.47. The van der Waals surface area contributed by atoms with Crippen molar-refractivity contribution in [2.75, 3.05) is 47.5 Å². The molecular weight excluding hydrogens is 713 g/mol. The van der Waals surface area contributed by atoms with E-state index in [1.807, 2.05) is 81.8 Å². The van der Waals surface area contributed by atoms with Crippen LogP contribution in [-0.4, -0.2) is 74.9 Å². The number of benzene rings is 2. The first kappa shape index (κ1) is 47.8. The van der Waals surface area contributed by atoms with Gasteiger partial charge in [0.2, 0.25) is 0 Å². The summed E-state index contributed by atoms with van der Waals surface area (Å²) in [4.78, 5) is 35.5. The fraction of sp³-hybridized carbons (Fsp3) is 0.556. The van der Waals surface area contributed by atoms with Crippen LogP contribution in [0.5, 0.6) is 0 Å². The molecule has 0 aliphatic carbocycles. The number of allylic oxidation sites excluding steroid dienone is 5. The molecule has 2 rings (SSSR count). The van der Waals surface area contributed by atoms with Crippen molar-refractivity contribution in [3.63, 3.8) is 0 Å². The van der Waals surface area contributed by atoms with E-state index in [2.05, 4.69) is 37.3 Å². The largest absolute Gasteiger partial charge is 0.472 e. The summed E-state index contributed by atoms with van der Waals surface area (Å²) in [7, 11) is 1.39. The smallest absolute Gasteiger partial charge is 0.462 e. The molecule has 0 heterocycles. The summed E-state index contributed by atoms with van der Waals surface area (Å²) >= 11 is 0. The molecule has 1 N–H and O–H groups in total. The topological polar surface area (TPSA) is 108 Å². The van der Waals surface area contributed by atoms with Crippen molar-refractivity contribution in [3.05, 3.63) is 102 Å². The van der Waals surface area contributed by atoms with Crippen LogP contribution in [0.2, 0.25) is 0 Å². The number of carbonyl (C=O) groups excluding carboxylic acids is 2. The second kappa shape index (κ2) is 29.0. The molecule has 0 aromatic heterocycles. The summed E-state index contributed by atoms with van der Waals surface area (Å²) in [5.74, 6) is -0.939. The van der Waals surface area contributed by atoms with Gasteiger partial charge in [-0.05, 0) is 29.5 Å². The van der Waals surface area contributed by atoms with Crippen molar-refractivity contribution in [1.82, 2.24) is 0 Å². The molecule has 9 nitrogen and oxygen atoms in total. The highest BCUT2D eigenvalue weighted by Crippen LogP contribution is 2.43. The fourth-order valence-electron chi connectivity index (χ4n) is 5.74. The zero-order valence-corrected chi connectivity index (χ0v) is 35.0. The van der Waals surface area contributed by atoms with Gasteiger partial charge in [0, 0.05) is 12.8 Å². The minimum atomic E-state index is -4.42.